The fourth-order valence-corrected chi connectivity index (χ4v) is 3.32. The fraction of sp³-hybridized carbons (Fsp3) is 0.130. The van der Waals surface area contributed by atoms with Crippen molar-refractivity contribution < 1.29 is 9.53 Å². The number of rotatable bonds is 5. The number of amides is 1. The molecule has 2 aromatic carbocycles. The minimum Gasteiger partial charge on any atom is -0.481 e. The summed E-state index contributed by atoms with van der Waals surface area (Å²) >= 11 is 6.00. The average Bonchev–Trinajstić information content (AvgIpc) is 3.08. The first kappa shape index (κ1) is 19.0. The van der Waals surface area contributed by atoms with Gasteiger partial charge in [0, 0.05) is 16.8 Å². The summed E-state index contributed by atoms with van der Waals surface area (Å²) in [5.74, 6) is 0.879. The van der Waals surface area contributed by atoms with Gasteiger partial charge in [0.15, 0.2) is 6.10 Å². The van der Waals surface area contributed by atoms with Crippen LogP contribution >= 0.6 is 11.6 Å². The van der Waals surface area contributed by atoms with Gasteiger partial charge in [0.25, 0.3) is 5.91 Å². The Labute approximate surface area is 173 Å². The quantitative estimate of drug-likeness (QED) is 0.485. The second-order valence-corrected chi connectivity index (χ2v) is 7.20. The van der Waals surface area contributed by atoms with Gasteiger partial charge in [-0.2, -0.15) is 0 Å². The number of ether oxygens (including phenoxy) is 1. The van der Waals surface area contributed by atoms with Crippen LogP contribution in [0.4, 0.5) is 5.82 Å². The Morgan fingerprint density at radius 1 is 1.10 bits per heavy atom. The van der Waals surface area contributed by atoms with Crippen LogP contribution < -0.4 is 10.1 Å². The Kier molecular flexibility index (Phi) is 5.23. The van der Waals surface area contributed by atoms with Crippen LogP contribution in [0.25, 0.3) is 16.9 Å². The van der Waals surface area contributed by atoms with Crippen molar-refractivity contribution in [3.05, 3.63) is 83.5 Å². The molecule has 0 aliphatic rings. The minimum atomic E-state index is -0.715. The number of carbonyl (C=O) groups is 1. The molecule has 0 bridgehead atoms. The molecule has 2 heterocycles. The van der Waals surface area contributed by atoms with Crippen LogP contribution in [0.3, 0.4) is 0 Å². The molecule has 146 valence electrons. The molecule has 0 aliphatic heterocycles. The SMILES string of the molecule is Cc1cccn2c(NC(=O)C(C)Oc3cccc(Cl)c3)c(-c3ccccc3)nc12. The van der Waals surface area contributed by atoms with Crippen LogP contribution in [0.5, 0.6) is 5.75 Å². The summed E-state index contributed by atoms with van der Waals surface area (Å²) in [6, 6.07) is 20.7. The molecule has 0 fully saturated rings. The van der Waals surface area contributed by atoms with Crippen LogP contribution in [0.2, 0.25) is 5.02 Å². The first-order valence-corrected chi connectivity index (χ1v) is 9.67. The molecule has 4 aromatic rings. The van der Waals surface area contributed by atoms with Crippen LogP contribution in [-0.2, 0) is 4.79 Å². The van der Waals surface area contributed by atoms with E-state index in [4.69, 9.17) is 21.3 Å². The Bertz CT molecular complexity index is 1170. The summed E-state index contributed by atoms with van der Waals surface area (Å²) < 4.78 is 7.65. The van der Waals surface area contributed by atoms with Gasteiger partial charge in [-0.25, -0.2) is 4.98 Å². The Hall–Kier alpha value is -3.31. The topological polar surface area (TPSA) is 55.6 Å². The first-order chi connectivity index (χ1) is 14.0. The van der Waals surface area contributed by atoms with Crippen LogP contribution in [0.15, 0.2) is 72.9 Å². The lowest BCUT2D eigenvalue weighted by atomic mass is 10.1. The molecule has 5 nitrogen and oxygen atoms in total. The maximum atomic E-state index is 12.9. The van der Waals surface area contributed by atoms with E-state index in [2.05, 4.69) is 5.32 Å². The number of halogens is 1. The largest absolute Gasteiger partial charge is 0.481 e. The summed E-state index contributed by atoms with van der Waals surface area (Å²) in [7, 11) is 0. The highest BCUT2D eigenvalue weighted by Crippen LogP contribution is 2.30. The van der Waals surface area contributed by atoms with Crippen molar-refractivity contribution in [1.82, 2.24) is 9.38 Å². The molecule has 0 saturated heterocycles. The number of hydrogen-bond donors (Lipinski definition) is 1. The number of carbonyl (C=O) groups excluding carboxylic acids is 1. The zero-order valence-corrected chi connectivity index (χ0v) is 16.9. The molecular weight excluding hydrogens is 386 g/mol. The van der Waals surface area contributed by atoms with E-state index < -0.39 is 6.10 Å². The van der Waals surface area contributed by atoms with E-state index in [1.54, 1.807) is 31.2 Å². The maximum Gasteiger partial charge on any atom is 0.266 e. The lowest BCUT2D eigenvalue weighted by Gasteiger charge is -2.15. The van der Waals surface area contributed by atoms with Crippen molar-refractivity contribution in [2.75, 3.05) is 5.32 Å². The van der Waals surface area contributed by atoms with Gasteiger partial charge in [0.1, 0.15) is 22.9 Å². The van der Waals surface area contributed by atoms with E-state index in [1.807, 2.05) is 60.0 Å². The summed E-state index contributed by atoms with van der Waals surface area (Å²) in [4.78, 5) is 17.7. The van der Waals surface area contributed by atoms with E-state index in [-0.39, 0.29) is 5.91 Å². The Morgan fingerprint density at radius 2 is 1.90 bits per heavy atom. The smallest absolute Gasteiger partial charge is 0.266 e. The summed E-state index contributed by atoms with van der Waals surface area (Å²) in [6.45, 7) is 3.69. The summed E-state index contributed by atoms with van der Waals surface area (Å²) in [5.41, 5.74) is 3.45. The molecule has 29 heavy (non-hydrogen) atoms. The number of nitrogens with zero attached hydrogens (tertiary/aromatic N) is 2. The van der Waals surface area contributed by atoms with E-state index in [0.29, 0.717) is 22.3 Å². The molecule has 2 aromatic heterocycles. The van der Waals surface area contributed by atoms with Crippen LogP contribution in [0.1, 0.15) is 12.5 Å². The Balaban J connectivity index is 1.67. The van der Waals surface area contributed by atoms with Crippen molar-refractivity contribution in [3.63, 3.8) is 0 Å². The van der Waals surface area contributed by atoms with Crippen molar-refractivity contribution in [2.45, 2.75) is 20.0 Å². The predicted octanol–water partition coefficient (Wildman–Crippen LogP) is 5.37. The highest BCUT2D eigenvalue weighted by Gasteiger charge is 2.21. The first-order valence-electron chi connectivity index (χ1n) is 9.29. The van der Waals surface area contributed by atoms with E-state index in [9.17, 15) is 4.79 Å². The van der Waals surface area contributed by atoms with E-state index >= 15 is 0 Å². The molecular formula is C23H20ClN3O2. The molecule has 0 spiro atoms. The number of pyridine rings is 1. The van der Waals surface area contributed by atoms with Gasteiger partial charge in [-0.15, -0.1) is 0 Å². The fourth-order valence-electron chi connectivity index (χ4n) is 3.14. The van der Waals surface area contributed by atoms with Gasteiger partial charge in [-0.05, 0) is 43.7 Å². The molecule has 4 rings (SSSR count). The zero-order chi connectivity index (χ0) is 20.4. The molecule has 0 radical (unpaired) electrons. The molecule has 1 atom stereocenters. The molecule has 1 amide bonds. The summed E-state index contributed by atoms with van der Waals surface area (Å²) in [5, 5.41) is 3.55. The second kappa shape index (κ2) is 7.97. The number of hydrogen-bond acceptors (Lipinski definition) is 3. The number of nitrogens with one attached hydrogen (secondary N) is 1. The number of aryl methyl sites for hydroxylation is 1. The molecule has 1 unspecified atom stereocenters. The van der Waals surface area contributed by atoms with Crippen LogP contribution in [-0.4, -0.2) is 21.4 Å². The minimum absolute atomic E-state index is 0.273. The number of aromatic nitrogens is 2. The normalized spacial score (nSPS) is 12.0. The third-order valence-corrected chi connectivity index (χ3v) is 4.85. The summed E-state index contributed by atoms with van der Waals surface area (Å²) in [6.07, 6.45) is 1.17. The lowest BCUT2D eigenvalue weighted by Crippen LogP contribution is -2.30. The predicted molar refractivity (Wildman–Crippen MR) is 116 cm³/mol. The van der Waals surface area contributed by atoms with Crippen molar-refractivity contribution >= 4 is 29.0 Å². The zero-order valence-electron chi connectivity index (χ0n) is 16.1. The van der Waals surface area contributed by atoms with Gasteiger partial charge in [-0.3, -0.25) is 9.20 Å². The number of fused-ring (bicyclic) bond motifs is 1. The van der Waals surface area contributed by atoms with E-state index in [0.717, 1.165) is 16.8 Å². The maximum absolute atomic E-state index is 12.9. The monoisotopic (exact) mass is 405 g/mol. The van der Waals surface area contributed by atoms with E-state index in [1.165, 1.54) is 0 Å². The highest BCUT2D eigenvalue weighted by molar-refractivity contribution is 6.30. The standard InChI is InChI=1S/C23H20ClN3O2/c1-15-8-7-13-27-21(15)25-20(17-9-4-3-5-10-17)22(27)26-23(28)16(2)29-19-12-6-11-18(24)14-19/h3-14,16H,1-2H3,(H,26,28). The van der Waals surface area contributed by atoms with Crippen molar-refractivity contribution in [2.24, 2.45) is 0 Å². The molecule has 0 aliphatic carbocycles. The van der Waals surface area contributed by atoms with Crippen molar-refractivity contribution in [3.8, 4) is 17.0 Å². The number of imidazole rings is 1. The Morgan fingerprint density at radius 3 is 2.66 bits per heavy atom. The van der Waals surface area contributed by atoms with Gasteiger partial charge in [0.2, 0.25) is 0 Å². The van der Waals surface area contributed by atoms with Gasteiger partial charge < -0.3 is 10.1 Å². The highest BCUT2D eigenvalue weighted by atomic mass is 35.5. The van der Waals surface area contributed by atoms with Crippen LogP contribution in [0, 0.1) is 6.92 Å². The second-order valence-electron chi connectivity index (χ2n) is 6.77. The lowest BCUT2D eigenvalue weighted by molar-refractivity contribution is -0.122. The number of benzene rings is 2. The molecule has 1 N–H and O–H groups in total. The van der Waals surface area contributed by atoms with Gasteiger partial charge >= 0.3 is 0 Å². The van der Waals surface area contributed by atoms with Gasteiger partial charge in [0.05, 0.1) is 0 Å². The van der Waals surface area contributed by atoms with Crippen molar-refractivity contribution in [1.29, 1.82) is 0 Å². The molecule has 0 saturated carbocycles. The molecule has 6 heteroatoms. The third-order valence-electron chi connectivity index (χ3n) is 4.61. The average molecular weight is 406 g/mol. The third kappa shape index (κ3) is 3.96. The van der Waals surface area contributed by atoms with Gasteiger partial charge in [-0.1, -0.05) is 54.1 Å². The number of anilines is 1.